The van der Waals surface area contributed by atoms with Gasteiger partial charge in [-0.2, -0.15) is 0 Å². The van der Waals surface area contributed by atoms with Crippen molar-refractivity contribution in [1.29, 1.82) is 0 Å². The molecule has 0 spiro atoms. The molecule has 11 nitrogen and oxygen atoms in total. The zero-order valence-electron chi connectivity index (χ0n) is 17.2. The van der Waals surface area contributed by atoms with Gasteiger partial charge in [0.15, 0.2) is 0 Å². The zero-order valence-corrected chi connectivity index (χ0v) is 18.0. The Morgan fingerprint density at radius 2 is 2.16 bits per heavy atom. The van der Waals surface area contributed by atoms with Crippen LogP contribution in [0.4, 0.5) is 25.4 Å². The first kappa shape index (κ1) is 22.8. The number of hydroxylamine groups is 1. The molecule has 2 aliphatic rings. The number of benzene rings is 1. The number of thiocarbonyl (C=S) groups is 1. The Morgan fingerprint density at radius 1 is 1.35 bits per heavy atom. The molecule has 1 aromatic carbocycles. The van der Waals surface area contributed by atoms with E-state index in [9.17, 15) is 14.0 Å². The Labute approximate surface area is 184 Å². The molecule has 0 radical (unpaired) electrons. The van der Waals surface area contributed by atoms with Gasteiger partial charge in [0.2, 0.25) is 0 Å². The van der Waals surface area contributed by atoms with Crippen molar-refractivity contribution in [3.63, 3.8) is 0 Å². The lowest BCUT2D eigenvalue weighted by Crippen LogP contribution is -2.48. The first-order valence-electron chi connectivity index (χ1n) is 9.61. The standard InChI is InChI=1S/C18H25FN6O5S/c1-28-17(31)20-10-13-11-24(18(27)30-13)12-3-4-15(14(19)9-12)23-6-5-21-25(8-7-23)16(26)22-29-2/h3-4,9,13,21H,5-8,10-11H2,1-2H3,(H,20,31)(H,22,26)/t13-/m0/s1. The van der Waals surface area contributed by atoms with E-state index >= 15 is 0 Å². The number of nitrogens with zero attached hydrogens (tertiary/aromatic N) is 3. The Morgan fingerprint density at radius 3 is 2.87 bits per heavy atom. The zero-order chi connectivity index (χ0) is 22.4. The highest BCUT2D eigenvalue weighted by Crippen LogP contribution is 2.28. The second-order valence-electron chi connectivity index (χ2n) is 6.78. The molecule has 13 heteroatoms. The van der Waals surface area contributed by atoms with Gasteiger partial charge in [0.25, 0.3) is 5.17 Å². The fraction of sp³-hybridized carbons (Fsp3) is 0.500. The van der Waals surface area contributed by atoms with E-state index < -0.39 is 24.0 Å². The van der Waals surface area contributed by atoms with Gasteiger partial charge < -0.3 is 19.7 Å². The molecular formula is C18H25FN6O5S. The summed E-state index contributed by atoms with van der Waals surface area (Å²) in [5.41, 5.74) is 5.98. The van der Waals surface area contributed by atoms with Crippen molar-refractivity contribution in [2.24, 2.45) is 0 Å². The SMILES string of the molecule is CONC(=O)N1CCN(c2ccc(N3C[C@H](CNC(=S)OC)OC3=O)cc2F)CCN1. The van der Waals surface area contributed by atoms with E-state index in [-0.39, 0.29) is 11.7 Å². The smallest absolute Gasteiger partial charge is 0.414 e. The van der Waals surface area contributed by atoms with Crippen LogP contribution in [0.5, 0.6) is 0 Å². The summed E-state index contributed by atoms with van der Waals surface area (Å²) in [6.07, 6.45) is -0.995. The monoisotopic (exact) mass is 456 g/mol. The maximum absolute atomic E-state index is 14.9. The maximum atomic E-state index is 14.9. The second kappa shape index (κ2) is 10.4. The van der Waals surface area contributed by atoms with Gasteiger partial charge in [-0.15, -0.1) is 0 Å². The summed E-state index contributed by atoms with van der Waals surface area (Å²) >= 11 is 4.90. The van der Waals surface area contributed by atoms with Crippen LogP contribution in [0.1, 0.15) is 0 Å². The number of hydrogen-bond acceptors (Lipinski definition) is 8. The number of methoxy groups -OCH3 is 1. The largest absolute Gasteiger partial charge is 0.474 e. The Hall–Kier alpha value is -2.90. The van der Waals surface area contributed by atoms with E-state index in [0.29, 0.717) is 44.1 Å². The summed E-state index contributed by atoms with van der Waals surface area (Å²) in [6.45, 7) is 2.23. The molecule has 3 amide bonds. The summed E-state index contributed by atoms with van der Waals surface area (Å²) < 4.78 is 25.1. The number of hydrazine groups is 1. The number of urea groups is 1. The molecule has 3 N–H and O–H groups in total. The van der Waals surface area contributed by atoms with Crippen LogP contribution in [0.25, 0.3) is 0 Å². The lowest BCUT2D eigenvalue weighted by molar-refractivity contribution is 0.0784. The van der Waals surface area contributed by atoms with Gasteiger partial charge in [0, 0.05) is 19.6 Å². The fourth-order valence-corrected chi connectivity index (χ4v) is 3.40. The van der Waals surface area contributed by atoms with Gasteiger partial charge in [-0.1, -0.05) is 0 Å². The molecule has 3 rings (SSSR count). The number of carbonyl (C=O) groups is 2. The molecule has 1 atom stereocenters. The van der Waals surface area contributed by atoms with Gasteiger partial charge in [0.05, 0.1) is 45.2 Å². The molecule has 1 aromatic rings. The first-order valence-corrected chi connectivity index (χ1v) is 10.0. The summed E-state index contributed by atoms with van der Waals surface area (Å²) in [4.78, 5) is 31.9. The van der Waals surface area contributed by atoms with E-state index in [0.717, 1.165) is 0 Å². The van der Waals surface area contributed by atoms with E-state index in [1.165, 1.54) is 30.2 Å². The van der Waals surface area contributed by atoms with Crippen LogP contribution in [0.15, 0.2) is 18.2 Å². The molecule has 31 heavy (non-hydrogen) atoms. The van der Waals surface area contributed by atoms with Crippen LogP contribution in [-0.2, 0) is 14.3 Å². The number of anilines is 2. The van der Waals surface area contributed by atoms with Crippen molar-refractivity contribution in [1.82, 2.24) is 21.2 Å². The molecule has 0 aromatic heterocycles. The quantitative estimate of drug-likeness (QED) is 0.433. The van der Waals surface area contributed by atoms with Crippen molar-refractivity contribution in [2.45, 2.75) is 6.10 Å². The van der Waals surface area contributed by atoms with Crippen molar-refractivity contribution < 1.29 is 28.3 Å². The minimum Gasteiger partial charge on any atom is -0.474 e. The number of carbonyl (C=O) groups excluding carboxylic acids is 2. The van der Waals surface area contributed by atoms with E-state index in [2.05, 4.69) is 21.1 Å². The summed E-state index contributed by atoms with van der Waals surface area (Å²) in [5, 5.41) is 4.41. The van der Waals surface area contributed by atoms with E-state index in [1.807, 2.05) is 4.90 Å². The number of rotatable bonds is 5. The predicted molar refractivity (Wildman–Crippen MR) is 114 cm³/mol. The van der Waals surface area contributed by atoms with Crippen molar-refractivity contribution >= 4 is 40.9 Å². The molecule has 2 saturated heterocycles. The van der Waals surface area contributed by atoms with Gasteiger partial charge >= 0.3 is 12.1 Å². The number of hydrogen-bond donors (Lipinski definition) is 3. The fourth-order valence-electron chi connectivity index (χ4n) is 3.32. The highest BCUT2D eigenvalue weighted by Gasteiger charge is 2.33. The van der Waals surface area contributed by atoms with Crippen LogP contribution in [0.2, 0.25) is 0 Å². The Bertz CT molecular complexity index is 831. The summed E-state index contributed by atoms with van der Waals surface area (Å²) in [6, 6.07) is 4.17. The molecule has 2 aliphatic heterocycles. The molecule has 0 saturated carbocycles. The third kappa shape index (κ3) is 5.62. The molecule has 2 heterocycles. The molecular weight excluding hydrogens is 431 g/mol. The summed E-state index contributed by atoms with van der Waals surface area (Å²) in [5.74, 6) is -0.470. The highest BCUT2D eigenvalue weighted by molar-refractivity contribution is 7.80. The van der Waals surface area contributed by atoms with Gasteiger partial charge in [0.1, 0.15) is 11.9 Å². The van der Waals surface area contributed by atoms with Gasteiger partial charge in [-0.25, -0.2) is 24.9 Å². The first-order chi connectivity index (χ1) is 14.9. The normalized spacial score (nSPS) is 19.0. The van der Waals surface area contributed by atoms with E-state index in [1.54, 1.807) is 12.1 Å². The van der Waals surface area contributed by atoms with Crippen molar-refractivity contribution in [2.75, 3.05) is 63.3 Å². The third-order valence-electron chi connectivity index (χ3n) is 4.83. The maximum Gasteiger partial charge on any atom is 0.414 e. The third-order valence-corrected chi connectivity index (χ3v) is 5.14. The average Bonchev–Trinajstić information content (AvgIpc) is 2.96. The van der Waals surface area contributed by atoms with Crippen LogP contribution in [0.3, 0.4) is 0 Å². The van der Waals surface area contributed by atoms with Crippen LogP contribution < -0.4 is 26.0 Å². The minimum atomic E-state index is -0.555. The second-order valence-corrected chi connectivity index (χ2v) is 7.15. The molecule has 2 fully saturated rings. The number of amides is 3. The minimum absolute atomic E-state index is 0.204. The topological polar surface area (TPSA) is 108 Å². The lowest BCUT2D eigenvalue weighted by Gasteiger charge is -2.24. The Kier molecular flexibility index (Phi) is 7.65. The number of ether oxygens (including phenoxy) is 2. The van der Waals surface area contributed by atoms with Crippen molar-refractivity contribution in [3.8, 4) is 0 Å². The summed E-state index contributed by atoms with van der Waals surface area (Å²) in [7, 11) is 2.79. The number of cyclic esters (lactones) is 1. The molecule has 0 unspecified atom stereocenters. The number of nitrogens with one attached hydrogen (secondary N) is 3. The number of halogens is 1. The van der Waals surface area contributed by atoms with Crippen LogP contribution in [-0.4, -0.2) is 81.9 Å². The van der Waals surface area contributed by atoms with Crippen LogP contribution in [0, 0.1) is 5.82 Å². The van der Waals surface area contributed by atoms with Gasteiger partial charge in [-0.05, 0) is 30.4 Å². The average molecular weight is 457 g/mol. The van der Waals surface area contributed by atoms with Crippen LogP contribution >= 0.6 is 12.2 Å². The van der Waals surface area contributed by atoms with Gasteiger partial charge in [-0.3, -0.25) is 14.7 Å². The van der Waals surface area contributed by atoms with E-state index in [4.69, 9.17) is 21.7 Å². The molecule has 0 aliphatic carbocycles. The van der Waals surface area contributed by atoms with Crippen molar-refractivity contribution in [3.05, 3.63) is 24.0 Å². The predicted octanol–water partition coefficient (Wildman–Crippen LogP) is 0.569. The Balaban J connectivity index is 1.63. The highest BCUT2D eigenvalue weighted by atomic mass is 32.1. The molecule has 0 bridgehead atoms. The molecule has 170 valence electrons. The lowest BCUT2D eigenvalue weighted by atomic mass is 10.2.